The number of hydrogen-bond donors (Lipinski definition) is 1. The van der Waals surface area contributed by atoms with Crippen molar-refractivity contribution in [2.75, 3.05) is 11.9 Å². The Kier molecular flexibility index (Phi) is 4.51. The Labute approximate surface area is 157 Å². The molecule has 0 atom stereocenters. The van der Waals surface area contributed by atoms with Gasteiger partial charge in [0, 0.05) is 11.9 Å². The maximum absolute atomic E-state index is 13.4. The van der Waals surface area contributed by atoms with Crippen LogP contribution in [-0.4, -0.2) is 21.6 Å². The molecule has 0 unspecified atom stereocenters. The van der Waals surface area contributed by atoms with E-state index in [1.165, 1.54) is 12.3 Å². The summed E-state index contributed by atoms with van der Waals surface area (Å²) in [7, 11) is 0. The molecule has 140 valence electrons. The molecule has 0 saturated heterocycles. The number of fused-ring (bicyclic) bond motifs is 5. The lowest BCUT2D eigenvalue weighted by atomic mass is 9.96. The number of nitrogens with one attached hydrogen (secondary N) is 1. The van der Waals surface area contributed by atoms with E-state index in [4.69, 9.17) is 16.3 Å². The molecule has 2 aromatic heterocycles. The van der Waals surface area contributed by atoms with Gasteiger partial charge in [-0.15, -0.1) is 0 Å². The molecule has 1 aromatic carbocycles. The van der Waals surface area contributed by atoms with Crippen molar-refractivity contribution in [2.45, 2.75) is 25.6 Å². The quantitative estimate of drug-likeness (QED) is 0.563. The normalized spacial score (nSPS) is 14.7. The van der Waals surface area contributed by atoms with E-state index in [-0.39, 0.29) is 36.3 Å². The predicted octanol–water partition coefficient (Wildman–Crippen LogP) is 4.63. The summed E-state index contributed by atoms with van der Waals surface area (Å²) in [5, 5.41) is 3.99. The Morgan fingerprint density at radius 2 is 2.04 bits per heavy atom. The van der Waals surface area contributed by atoms with Crippen LogP contribution in [0.1, 0.15) is 23.1 Å². The summed E-state index contributed by atoms with van der Waals surface area (Å²) in [5.74, 6) is 0.435. The maximum Gasteiger partial charge on any atom is 0.416 e. The van der Waals surface area contributed by atoms with Gasteiger partial charge in [-0.3, -0.25) is 0 Å². The number of halogens is 4. The minimum absolute atomic E-state index is 0.149. The monoisotopic (exact) mass is 394 g/mol. The predicted molar refractivity (Wildman–Crippen MR) is 94.9 cm³/mol. The van der Waals surface area contributed by atoms with Crippen LogP contribution in [0.3, 0.4) is 0 Å². The van der Waals surface area contributed by atoms with E-state index in [1.807, 2.05) is 0 Å². The second kappa shape index (κ2) is 6.84. The van der Waals surface area contributed by atoms with Gasteiger partial charge in [0.1, 0.15) is 11.0 Å². The third-order valence-corrected chi connectivity index (χ3v) is 4.56. The van der Waals surface area contributed by atoms with E-state index in [2.05, 4.69) is 20.3 Å². The van der Waals surface area contributed by atoms with Crippen LogP contribution in [0.5, 0.6) is 6.01 Å². The molecule has 2 bridgehead atoms. The van der Waals surface area contributed by atoms with Crippen LogP contribution in [0.25, 0.3) is 10.9 Å². The van der Waals surface area contributed by atoms with Crippen molar-refractivity contribution in [3.05, 3.63) is 52.3 Å². The number of pyridine rings is 1. The fraction of sp³-hybridized carbons (Fsp3) is 0.278. The highest BCUT2D eigenvalue weighted by atomic mass is 35.5. The number of rotatable bonds is 0. The van der Waals surface area contributed by atoms with Crippen LogP contribution >= 0.6 is 11.6 Å². The number of anilines is 1. The Morgan fingerprint density at radius 3 is 2.85 bits per heavy atom. The highest BCUT2D eigenvalue weighted by Crippen LogP contribution is 2.35. The standard InChI is InChI=1S/C18H14ClF3N4O/c19-15-7-12-14(9-23-15)25-17-26-16(12)24-8-10-3-1-5-13(18(20,21)22)11(10)4-2-6-27-17/h1,3,5,7,9H,2,4,6,8H2,(H,24,25,26). The van der Waals surface area contributed by atoms with Crippen LogP contribution < -0.4 is 10.1 Å². The van der Waals surface area contributed by atoms with Crippen molar-refractivity contribution in [1.29, 1.82) is 0 Å². The summed E-state index contributed by atoms with van der Waals surface area (Å²) in [6, 6.07) is 5.98. The molecule has 3 heterocycles. The lowest BCUT2D eigenvalue weighted by molar-refractivity contribution is -0.138. The second-order valence-electron chi connectivity index (χ2n) is 6.13. The van der Waals surface area contributed by atoms with Crippen molar-refractivity contribution in [3.8, 4) is 6.01 Å². The minimum Gasteiger partial charge on any atom is -0.463 e. The highest BCUT2D eigenvalue weighted by Gasteiger charge is 2.34. The molecular formula is C18H14ClF3N4O. The van der Waals surface area contributed by atoms with Crippen LogP contribution in [0.2, 0.25) is 5.15 Å². The largest absolute Gasteiger partial charge is 0.463 e. The van der Waals surface area contributed by atoms with Gasteiger partial charge in [0.15, 0.2) is 0 Å². The molecule has 1 aliphatic rings. The second-order valence-corrected chi connectivity index (χ2v) is 6.51. The third-order valence-electron chi connectivity index (χ3n) is 4.36. The van der Waals surface area contributed by atoms with Crippen molar-refractivity contribution in [1.82, 2.24) is 15.0 Å². The van der Waals surface area contributed by atoms with Gasteiger partial charge in [-0.25, -0.2) is 4.98 Å². The van der Waals surface area contributed by atoms with Crippen molar-refractivity contribution in [2.24, 2.45) is 0 Å². The SMILES string of the molecule is FC(F)(F)c1cccc2c1CCCOc1nc(c3cc(Cl)ncc3n1)NC2. The van der Waals surface area contributed by atoms with Gasteiger partial charge < -0.3 is 10.1 Å². The van der Waals surface area contributed by atoms with E-state index in [0.29, 0.717) is 28.7 Å². The molecule has 27 heavy (non-hydrogen) atoms. The van der Waals surface area contributed by atoms with E-state index < -0.39 is 11.7 Å². The number of alkyl halides is 3. The summed E-state index contributed by atoms with van der Waals surface area (Å²) in [6.45, 7) is 0.391. The molecule has 4 rings (SSSR count). The van der Waals surface area contributed by atoms with E-state index in [0.717, 1.165) is 6.07 Å². The number of ether oxygens (including phenoxy) is 1. The zero-order valence-electron chi connectivity index (χ0n) is 14.0. The van der Waals surface area contributed by atoms with Gasteiger partial charge in [-0.1, -0.05) is 23.7 Å². The molecule has 1 aliphatic heterocycles. The zero-order valence-corrected chi connectivity index (χ0v) is 14.7. The van der Waals surface area contributed by atoms with Gasteiger partial charge in [0.25, 0.3) is 0 Å². The molecule has 0 spiro atoms. The lowest BCUT2D eigenvalue weighted by Crippen LogP contribution is -2.13. The molecule has 9 heteroatoms. The Morgan fingerprint density at radius 1 is 1.19 bits per heavy atom. The summed E-state index contributed by atoms with van der Waals surface area (Å²) in [5.41, 5.74) is 0.764. The van der Waals surface area contributed by atoms with Crippen LogP contribution in [0.15, 0.2) is 30.5 Å². The molecule has 1 N–H and O–H groups in total. The average Bonchev–Trinajstić information content (AvgIpc) is 2.65. The lowest BCUT2D eigenvalue weighted by Gasteiger charge is -2.17. The average molecular weight is 395 g/mol. The summed E-state index contributed by atoms with van der Waals surface area (Å²) >= 11 is 5.96. The maximum atomic E-state index is 13.4. The number of aromatic nitrogens is 3. The third kappa shape index (κ3) is 3.62. The number of benzene rings is 1. The van der Waals surface area contributed by atoms with E-state index in [1.54, 1.807) is 12.1 Å². The summed E-state index contributed by atoms with van der Waals surface area (Å²) in [4.78, 5) is 12.6. The summed E-state index contributed by atoms with van der Waals surface area (Å²) in [6.07, 6.45) is -2.24. The summed E-state index contributed by atoms with van der Waals surface area (Å²) < 4.78 is 45.8. The van der Waals surface area contributed by atoms with Crippen LogP contribution in [0, 0.1) is 0 Å². The van der Waals surface area contributed by atoms with E-state index >= 15 is 0 Å². The van der Waals surface area contributed by atoms with Gasteiger partial charge in [0.2, 0.25) is 0 Å². The first kappa shape index (κ1) is 17.8. The van der Waals surface area contributed by atoms with Crippen molar-refractivity contribution >= 4 is 28.3 Å². The first-order valence-corrected chi connectivity index (χ1v) is 8.67. The molecular weight excluding hydrogens is 381 g/mol. The van der Waals surface area contributed by atoms with Gasteiger partial charge in [0.05, 0.1) is 23.9 Å². The molecule has 0 saturated carbocycles. The minimum atomic E-state index is -4.41. The first-order valence-electron chi connectivity index (χ1n) is 8.30. The molecule has 0 radical (unpaired) electrons. The zero-order chi connectivity index (χ0) is 19.0. The fourth-order valence-corrected chi connectivity index (χ4v) is 3.29. The van der Waals surface area contributed by atoms with Crippen molar-refractivity contribution < 1.29 is 17.9 Å². The van der Waals surface area contributed by atoms with Crippen LogP contribution in [0.4, 0.5) is 19.0 Å². The Bertz CT molecular complexity index is 1010. The Balaban J connectivity index is 1.80. The van der Waals surface area contributed by atoms with Crippen molar-refractivity contribution in [3.63, 3.8) is 0 Å². The molecule has 0 amide bonds. The molecule has 5 nitrogen and oxygen atoms in total. The molecule has 0 fully saturated rings. The van der Waals surface area contributed by atoms with Gasteiger partial charge >= 0.3 is 12.2 Å². The van der Waals surface area contributed by atoms with Gasteiger partial charge in [-0.05, 0) is 36.1 Å². The van der Waals surface area contributed by atoms with Gasteiger partial charge in [-0.2, -0.15) is 23.1 Å². The van der Waals surface area contributed by atoms with Crippen LogP contribution in [-0.2, 0) is 19.1 Å². The van der Waals surface area contributed by atoms with E-state index in [9.17, 15) is 13.2 Å². The number of nitrogens with zero attached hydrogens (tertiary/aromatic N) is 3. The molecule has 3 aromatic rings. The fourth-order valence-electron chi connectivity index (χ4n) is 3.14. The smallest absolute Gasteiger partial charge is 0.416 e. The molecule has 0 aliphatic carbocycles. The Hall–Kier alpha value is -2.61. The topological polar surface area (TPSA) is 59.9 Å². The first-order chi connectivity index (χ1) is 12.9. The highest BCUT2D eigenvalue weighted by molar-refractivity contribution is 6.30. The number of hydrogen-bond acceptors (Lipinski definition) is 5.